The predicted octanol–water partition coefficient (Wildman–Crippen LogP) is 3.99. The Hall–Kier alpha value is -2.53. The molecule has 0 saturated heterocycles. The number of fused-ring (bicyclic) bond motifs is 1. The van der Waals surface area contributed by atoms with Crippen LogP contribution in [-0.2, 0) is 0 Å². The normalized spacial score (nSPS) is 10.5. The molecule has 3 aromatic rings. The third-order valence-corrected chi connectivity index (χ3v) is 3.42. The molecule has 4 N–H and O–H groups in total. The lowest BCUT2D eigenvalue weighted by molar-refractivity contribution is 0.477. The van der Waals surface area contributed by atoms with E-state index in [9.17, 15) is 5.11 Å². The topological polar surface area (TPSA) is 60.1 Å². The number of rotatable bonds is 2. The van der Waals surface area contributed by atoms with Crippen molar-refractivity contribution in [1.82, 2.24) is 4.98 Å². The summed E-state index contributed by atoms with van der Waals surface area (Å²) in [6.45, 7) is 1.92. The van der Waals surface area contributed by atoms with Crippen LogP contribution < -0.4 is 10.6 Å². The zero-order valence-corrected chi connectivity index (χ0v) is 12.3. The average Bonchev–Trinajstić information content (AvgIpc) is 2.89. The van der Waals surface area contributed by atoms with E-state index in [1.807, 2.05) is 43.5 Å². The van der Waals surface area contributed by atoms with Crippen molar-refractivity contribution in [3.8, 4) is 5.75 Å². The van der Waals surface area contributed by atoms with E-state index >= 15 is 0 Å². The van der Waals surface area contributed by atoms with Crippen LogP contribution in [0.3, 0.4) is 0 Å². The molecule has 0 aliphatic heterocycles. The molecule has 0 aliphatic carbocycles. The molecule has 0 amide bonds. The number of anilines is 2. The van der Waals surface area contributed by atoms with Gasteiger partial charge in [-0.1, -0.05) is 6.07 Å². The zero-order chi connectivity index (χ0) is 14.8. The van der Waals surface area contributed by atoms with Crippen LogP contribution in [0.1, 0.15) is 5.56 Å². The molecule has 0 spiro atoms. The van der Waals surface area contributed by atoms with Gasteiger partial charge >= 0.3 is 0 Å². The van der Waals surface area contributed by atoms with E-state index < -0.39 is 0 Å². The fourth-order valence-corrected chi connectivity index (χ4v) is 2.39. The molecule has 0 aliphatic rings. The summed E-state index contributed by atoms with van der Waals surface area (Å²) in [7, 11) is 0. The van der Waals surface area contributed by atoms with E-state index in [4.69, 9.17) is 12.2 Å². The lowest BCUT2D eigenvalue weighted by Gasteiger charge is -2.12. The fraction of sp³-hybridized carbons (Fsp3) is 0.0625. The van der Waals surface area contributed by atoms with Gasteiger partial charge in [0.25, 0.3) is 0 Å². The van der Waals surface area contributed by atoms with E-state index in [0.717, 1.165) is 22.2 Å². The average molecular weight is 297 g/mol. The van der Waals surface area contributed by atoms with Crippen LogP contribution in [0.15, 0.2) is 48.7 Å². The predicted molar refractivity (Wildman–Crippen MR) is 91.0 cm³/mol. The van der Waals surface area contributed by atoms with Crippen LogP contribution in [-0.4, -0.2) is 15.2 Å². The van der Waals surface area contributed by atoms with Crippen LogP contribution in [0.2, 0.25) is 0 Å². The highest BCUT2D eigenvalue weighted by Crippen LogP contribution is 2.24. The van der Waals surface area contributed by atoms with Crippen LogP contribution >= 0.6 is 12.2 Å². The number of phenols is 1. The van der Waals surface area contributed by atoms with Crippen LogP contribution in [0, 0.1) is 6.92 Å². The minimum absolute atomic E-state index is 0.181. The molecule has 1 heterocycles. The van der Waals surface area contributed by atoms with Crippen molar-refractivity contribution in [2.45, 2.75) is 6.92 Å². The third-order valence-electron chi connectivity index (χ3n) is 3.21. The Bertz CT molecular complexity index is 810. The summed E-state index contributed by atoms with van der Waals surface area (Å²) >= 11 is 5.27. The maximum absolute atomic E-state index is 9.87. The smallest absolute Gasteiger partial charge is 0.175 e. The first-order valence-electron chi connectivity index (χ1n) is 6.56. The monoisotopic (exact) mass is 297 g/mol. The fourth-order valence-electron chi connectivity index (χ4n) is 2.16. The molecule has 106 valence electrons. The summed E-state index contributed by atoms with van der Waals surface area (Å²) in [6.07, 6.45) is 1.90. The highest BCUT2D eigenvalue weighted by molar-refractivity contribution is 7.80. The van der Waals surface area contributed by atoms with Gasteiger partial charge in [-0.3, -0.25) is 0 Å². The molecular formula is C16H15N3OS. The van der Waals surface area contributed by atoms with Crippen molar-refractivity contribution >= 4 is 39.6 Å². The van der Waals surface area contributed by atoms with Crippen molar-refractivity contribution in [1.29, 1.82) is 0 Å². The Morgan fingerprint density at radius 3 is 2.76 bits per heavy atom. The molecule has 0 unspecified atom stereocenters. The molecule has 4 nitrogen and oxygen atoms in total. The van der Waals surface area contributed by atoms with E-state index in [0.29, 0.717) is 10.8 Å². The summed E-state index contributed by atoms with van der Waals surface area (Å²) in [5.41, 5.74) is 3.55. The molecule has 0 radical (unpaired) electrons. The SMILES string of the molecule is Cc1ccc(NC(=S)Nc2ccc3[nH]ccc3c2)c(O)c1. The van der Waals surface area contributed by atoms with Gasteiger partial charge in [0.05, 0.1) is 5.69 Å². The summed E-state index contributed by atoms with van der Waals surface area (Å²) in [6, 6.07) is 13.4. The minimum atomic E-state index is 0.181. The highest BCUT2D eigenvalue weighted by atomic mass is 32.1. The maximum atomic E-state index is 9.87. The Balaban J connectivity index is 1.73. The zero-order valence-electron chi connectivity index (χ0n) is 11.5. The maximum Gasteiger partial charge on any atom is 0.175 e. The van der Waals surface area contributed by atoms with Gasteiger partial charge in [-0.2, -0.15) is 0 Å². The number of aromatic hydroxyl groups is 1. The van der Waals surface area contributed by atoms with Crippen LogP contribution in [0.5, 0.6) is 5.75 Å². The Morgan fingerprint density at radius 1 is 1.10 bits per heavy atom. The molecule has 0 bridgehead atoms. The van der Waals surface area contributed by atoms with Gasteiger partial charge in [-0.25, -0.2) is 0 Å². The molecule has 2 aromatic carbocycles. The van der Waals surface area contributed by atoms with E-state index in [1.54, 1.807) is 12.1 Å². The molecule has 3 rings (SSSR count). The standard InChI is InChI=1S/C16H15N3OS/c1-10-2-4-14(15(20)8-10)19-16(21)18-12-3-5-13-11(9-12)6-7-17-13/h2-9,17,20H,1H3,(H2,18,19,21). The van der Waals surface area contributed by atoms with Crippen molar-refractivity contribution in [2.75, 3.05) is 10.6 Å². The number of hydrogen-bond acceptors (Lipinski definition) is 2. The number of H-pyrrole nitrogens is 1. The summed E-state index contributed by atoms with van der Waals surface area (Å²) in [5.74, 6) is 0.181. The minimum Gasteiger partial charge on any atom is -0.506 e. The second-order valence-corrected chi connectivity index (χ2v) is 5.29. The highest BCUT2D eigenvalue weighted by Gasteiger charge is 2.04. The van der Waals surface area contributed by atoms with Crippen molar-refractivity contribution in [2.24, 2.45) is 0 Å². The number of aromatic amines is 1. The van der Waals surface area contributed by atoms with Crippen molar-refractivity contribution in [3.63, 3.8) is 0 Å². The molecule has 1 aromatic heterocycles. The van der Waals surface area contributed by atoms with Crippen molar-refractivity contribution in [3.05, 3.63) is 54.2 Å². The van der Waals surface area contributed by atoms with Gasteiger partial charge in [-0.15, -0.1) is 0 Å². The second kappa shape index (κ2) is 5.46. The van der Waals surface area contributed by atoms with Crippen LogP contribution in [0.4, 0.5) is 11.4 Å². The van der Waals surface area contributed by atoms with Gasteiger partial charge in [0.2, 0.25) is 0 Å². The first-order chi connectivity index (χ1) is 10.1. The van der Waals surface area contributed by atoms with Gasteiger partial charge < -0.3 is 20.7 Å². The van der Waals surface area contributed by atoms with Gasteiger partial charge in [0, 0.05) is 22.8 Å². The lowest BCUT2D eigenvalue weighted by atomic mass is 10.2. The number of phenolic OH excluding ortho intramolecular Hbond substituents is 1. The molecular weight excluding hydrogens is 282 g/mol. The largest absolute Gasteiger partial charge is 0.506 e. The van der Waals surface area contributed by atoms with Gasteiger partial charge in [-0.05, 0) is 61.1 Å². The Kier molecular flexibility index (Phi) is 3.50. The van der Waals surface area contributed by atoms with E-state index in [1.165, 1.54) is 0 Å². The number of thiocarbonyl (C=S) groups is 1. The Labute approximate surface area is 127 Å². The number of aryl methyl sites for hydroxylation is 1. The van der Waals surface area contributed by atoms with Gasteiger partial charge in [0.1, 0.15) is 5.75 Å². The Morgan fingerprint density at radius 2 is 1.95 bits per heavy atom. The third kappa shape index (κ3) is 2.98. The lowest BCUT2D eigenvalue weighted by Crippen LogP contribution is -2.19. The summed E-state index contributed by atoms with van der Waals surface area (Å²) in [4.78, 5) is 3.14. The quantitative estimate of drug-likeness (QED) is 0.427. The van der Waals surface area contributed by atoms with E-state index in [2.05, 4.69) is 15.6 Å². The number of nitrogens with one attached hydrogen (secondary N) is 3. The molecule has 5 heteroatoms. The molecule has 0 fully saturated rings. The number of hydrogen-bond donors (Lipinski definition) is 4. The summed E-state index contributed by atoms with van der Waals surface area (Å²) < 4.78 is 0. The molecule has 0 saturated carbocycles. The van der Waals surface area contributed by atoms with Crippen molar-refractivity contribution < 1.29 is 5.11 Å². The molecule has 21 heavy (non-hydrogen) atoms. The molecule has 0 atom stereocenters. The second-order valence-electron chi connectivity index (χ2n) is 4.88. The first kappa shape index (κ1) is 13.5. The number of benzene rings is 2. The van der Waals surface area contributed by atoms with Gasteiger partial charge in [0.15, 0.2) is 5.11 Å². The van der Waals surface area contributed by atoms with Crippen LogP contribution in [0.25, 0.3) is 10.9 Å². The van der Waals surface area contributed by atoms with E-state index in [-0.39, 0.29) is 5.75 Å². The summed E-state index contributed by atoms with van der Waals surface area (Å²) in [5, 5.41) is 17.5. The first-order valence-corrected chi connectivity index (χ1v) is 6.97. The number of aromatic nitrogens is 1.